The molecule has 6 nitrogen and oxygen atoms in total. The van der Waals surface area contributed by atoms with E-state index in [2.05, 4.69) is 0 Å². The van der Waals surface area contributed by atoms with Crippen LogP contribution in [0.1, 0.15) is 31.1 Å². The second-order valence-electron chi connectivity index (χ2n) is 6.21. The lowest BCUT2D eigenvalue weighted by atomic mass is 10.2. The van der Waals surface area contributed by atoms with Crippen LogP contribution in [0.25, 0.3) is 0 Å². The number of hydrogen-bond acceptors (Lipinski definition) is 5. The molecule has 0 aromatic heterocycles. The molecule has 0 saturated heterocycles. The molecular formula is C21H24ClNO5. The van der Waals surface area contributed by atoms with E-state index in [1.165, 1.54) is 19.2 Å². The summed E-state index contributed by atoms with van der Waals surface area (Å²) in [6.45, 7) is 5.64. The predicted octanol–water partition coefficient (Wildman–Crippen LogP) is 4.35. The van der Waals surface area contributed by atoms with Gasteiger partial charge in [-0.1, -0.05) is 29.8 Å². The summed E-state index contributed by atoms with van der Waals surface area (Å²) in [5, 5.41) is 0.228. The van der Waals surface area contributed by atoms with E-state index in [9.17, 15) is 9.59 Å². The fourth-order valence-electron chi connectivity index (χ4n) is 2.59. The number of amides is 1. The zero-order valence-electron chi connectivity index (χ0n) is 16.4. The van der Waals surface area contributed by atoms with E-state index in [-0.39, 0.29) is 29.2 Å². The third-order valence-electron chi connectivity index (χ3n) is 3.83. The molecule has 0 fully saturated rings. The Morgan fingerprint density at radius 3 is 2.39 bits per heavy atom. The molecule has 0 heterocycles. The van der Waals surface area contributed by atoms with E-state index in [0.717, 1.165) is 5.69 Å². The number of anilines is 1. The molecule has 0 spiro atoms. The summed E-state index contributed by atoms with van der Waals surface area (Å²) in [5.74, 6) is -0.319. The van der Waals surface area contributed by atoms with Gasteiger partial charge in [0.1, 0.15) is 0 Å². The van der Waals surface area contributed by atoms with Crippen LogP contribution in [0, 0.1) is 0 Å². The number of carbonyl (C=O) groups excluding carboxylic acids is 2. The molecule has 0 unspecified atom stereocenters. The summed E-state index contributed by atoms with van der Waals surface area (Å²) < 4.78 is 16.1. The number of likely N-dealkylation sites (N-methyl/N-ethyl adjacent to an activating group) is 1. The number of para-hydroxylation sites is 1. The van der Waals surface area contributed by atoms with Gasteiger partial charge < -0.3 is 19.1 Å². The predicted molar refractivity (Wildman–Crippen MR) is 109 cm³/mol. The highest BCUT2D eigenvalue weighted by atomic mass is 35.5. The van der Waals surface area contributed by atoms with Crippen LogP contribution in [-0.2, 0) is 9.53 Å². The highest BCUT2D eigenvalue weighted by molar-refractivity contribution is 6.32. The first kappa shape index (κ1) is 21.6. The van der Waals surface area contributed by atoms with Crippen molar-refractivity contribution in [3.63, 3.8) is 0 Å². The van der Waals surface area contributed by atoms with Crippen LogP contribution in [0.5, 0.6) is 11.5 Å². The van der Waals surface area contributed by atoms with Crippen molar-refractivity contribution in [2.75, 3.05) is 25.2 Å². The Balaban J connectivity index is 2.10. The molecule has 28 heavy (non-hydrogen) atoms. The number of esters is 1. The molecule has 0 aliphatic rings. The molecule has 0 saturated carbocycles. The molecule has 0 bridgehead atoms. The monoisotopic (exact) mass is 405 g/mol. The van der Waals surface area contributed by atoms with Crippen molar-refractivity contribution >= 4 is 29.2 Å². The van der Waals surface area contributed by atoms with Gasteiger partial charge >= 0.3 is 5.97 Å². The van der Waals surface area contributed by atoms with E-state index in [4.69, 9.17) is 25.8 Å². The lowest BCUT2D eigenvalue weighted by Crippen LogP contribution is -2.34. The minimum Gasteiger partial charge on any atom is -0.493 e. The molecule has 150 valence electrons. The van der Waals surface area contributed by atoms with Crippen LogP contribution in [0.3, 0.4) is 0 Å². The van der Waals surface area contributed by atoms with Gasteiger partial charge in [0.25, 0.3) is 5.91 Å². The van der Waals surface area contributed by atoms with Crippen molar-refractivity contribution in [1.29, 1.82) is 0 Å². The van der Waals surface area contributed by atoms with Gasteiger partial charge in [-0.05, 0) is 45.0 Å². The Labute approximate surface area is 169 Å². The van der Waals surface area contributed by atoms with Crippen LogP contribution >= 0.6 is 11.6 Å². The Morgan fingerprint density at radius 2 is 1.82 bits per heavy atom. The van der Waals surface area contributed by atoms with Crippen LogP contribution in [0.4, 0.5) is 5.69 Å². The smallest absolute Gasteiger partial charge is 0.338 e. The van der Waals surface area contributed by atoms with E-state index >= 15 is 0 Å². The standard InChI is InChI=1S/C21H24ClNO5/c1-5-23(16-9-7-6-8-10-16)19(24)13-27-21(25)15-11-17(22)20(28-14(2)3)18(12-15)26-4/h6-12,14H,5,13H2,1-4H3. The van der Waals surface area contributed by atoms with Crippen molar-refractivity contribution < 1.29 is 23.8 Å². The van der Waals surface area contributed by atoms with E-state index < -0.39 is 5.97 Å². The summed E-state index contributed by atoms with van der Waals surface area (Å²) in [6, 6.07) is 12.1. The minimum absolute atomic E-state index is 0.111. The van der Waals surface area contributed by atoms with E-state index in [1.54, 1.807) is 4.90 Å². The van der Waals surface area contributed by atoms with Crippen LogP contribution in [0.2, 0.25) is 5.02 Å². The average Bonchev–Trinajstić information content (AvgIpc) is 2.68. The van der Waals surface area contributed by atoms with Crippen LogP contribution in [0.15, 0.2) is 42.5 Å². The number of nitrogens with zero attached hydrogens (tertiary/aromatic N) is 1. The Hall–Kier alpha value is -2.73. The van der Waals surface area contributed by atoms with Gasteiger partial charge in [-0.15, -0.1) is 0 Å². The number of hydrogen-bond donors (Lipinski definition) is 0. The molecule has 0 atom stereocenters. The summed E-state index contributed by atoms with van der Waals surface area (Å²) in [7, 11) is 1.45. The molecule has 0 aliphatic carbocycles. The van der Waals surface area contributed by atoms with Crippen LogP contribution < -0.4 is 14.4 Å². The van der Waals surface area contributed by atoms with Crippen molar-refractivity contribution in [2.24, 2.45) is 0 Å². The van der Waals surface area contributed by atoms with Gasteiger partial charge in [0, 0.05) is 12.2 Å². The largest absolute Gasteiger partial charge is 0.493 e. The maximum atomic E-state index is 12.5. The Bertz CT molecular complexity index is 823. The maximum absolute atomic E-state index is 12.5. The number of carbonyl (C=O) groups is 2. The van der Waals surface area contributed by atoms with E-state index in [1.807, 2.05) is 51.1 Å². The summed E-state index contributed by atoms with van der Waals surface area (Å²) in [4.78, 5) is 26.4. The second kappa shape index (κ2) is 9.99. The van der Waals surface area contributed by atoms with Crippen molar-refractivity contribution in [3.8, 4) is 11.5 Å². The topological polar surface area (TPSA) is 65.1 Å². The normalized spacial score (nSPS) is 10.5. The molecule has 1 amide bonds. The number of rotatable bonds is 8. The Kier molecular flexibility index (Phi) is 7.70. The fourth-order valence-corrected chi connectivity index (χ4v) is 2.84. The van der Waals surface area contributed by atoms with E-state index in [0.29, 0.717) is 18.0 Å². The summed E-state index contributed by atoms with van der Waals surface area (Å²) in [6.07, 6.45) is -0.111. The first-order valence-electron chi connectivity index (χ1n) is 8.94. The van der Waals surface area contributed by atoms with Crippen molar-refractivity contribution in [2.45, 2.75) is 26.9 Å². The molecule has 0 N–H and O–H groups in total. The highest BCUT2D eigenvalue weighted by Crippen LogP contribution is 2.37. The number of methoxy groups -OCH3 is 1. The molecule has 2 aromatic rings. The first-order valence-corrected chi connectivity index (χ1v) is 9.31. The van der Waals surface area contributed by atoms with Crippen LogP contribution in [-0.4, -0.2) is 38.2 Å². The third-order valence-corrected chi connectivity index (χ3v) is 4.11. The second-order valence-corrected chi connectivity index (χ2v) is 6.61. The zero-order valence-corrected chi connectivity index (χ0v) is 17.2. The lowest BCUT2D eigenvalue weighted by Gasteiger charge is -2.21. The van der Waals surface area contributed by atoms with Gasteiger partial charge in [0.05, 0.1) is 23.8 Å². The molecule has 7 heteroatoms. The van der Waals surface area contributed by atoms with Crippen molar-refractivity contribution in [3.05, 3.63) is 53.1 Å². The fraction of sp³-hybridized carbons (Fsp3) is 0.333. The number of benzene rings is 2. The quantitative estimate of drug-likeness (QED) is 0.611. The maximum Gasteiger partial charge on any atom is 0.338 e. The zero-order chi connectivity index (χ0) is 20.7. The minimum atomic E-state index is -0.672. The lowest BCUT2D eigenvalue weighted by molar-refractivity contribution is -0.121. The summed E-state index contributed by atoms with van der Waals surface area (Å²) in [5.41, 5.74) is 0.916. The van der Waals surface area contributed by atoms with Gasteiger partial charge in [-0.3, -0.25) is 4.79 Å². The van der Waals surface area contributed by atoms with Crippen molar-refractivity contribution in [1.82, 2.24) is 0 Å². The van der Waals surface area contributed by atoms with Gasteiger partial charge in [-0.25, -0.2) is 4.79 Å². The molecule has 2 aromatic carbocycles. The average molecular weight is 406 g/mol. The van der Waals surface area contributed by atoms with Gasteiger partial charge in [-0.2, -0.15) is 0 Å². The number of halogens is 1. The molecule has 2 rings (SSSR count). The summed E-state index contributed by atoms with van der Waals surface area (Å²) >= 11 is 6.23. The number of ether oxygens (including phenoxy) is 3. The molecular weight excluding hydrogens is 382 g/mol. The molecule has 0 radical (unpaired) electrons. The van der Waals surface area contributed by atoms with Gasteiger partial charge in [0.15, 0.2) is 18.1 Å². The molecule has 0 aliphatic heterocycles. The SMILES string of the molecule is CCN(C(=O)COC(=O)c1cc(Cl)c(OC(C)C)c(OC)c1)c1ccccc1. The highest BCUT2D eigenvalue weighted by Gasteiger charge is 2.20. The van der Waals surface area contributed by atoms with Gasteiger partial charge in [0.2, 0.25) is 0 Å². The first-order chi connectivity index (χ1) is 13.4. The Morgan fingerprint density at radius 1 is 1.14 bits per heavy atom. The third kappa shape index (κ3) is 5.39.